The van der Waals surface area contributed by atoms with Crippen molar-refractivity contribution in [1.82, 2.24) is 20.4 Å². The minimum atomic E-state index is -0.298. The molecule has 5 nitrogen and oxygen atoms in total. The fourth-order valence-electron chi connectivity index (χ4n) is 2.72. The molecule has 1 heterocycles. The molecule has 146 valence electrons. The second-order valence-corrected chi connectivity index (χ2v) is 7.87. The summed E-state index contributed by atoms with van der Waals surface area (Å²) in [5.41, 5.74) is 3.29. The number of nitrogens with one attached hydrogen (secondary N) is 1. The first-order chi connectivity index (χ1) is 13.4. The van der Waals surface area contributed by atoms with Gasteiger partial charge in [0.1, 0.15) is 10.8 Å². The first-order valence-electron chi connectivity index (χ1n) is 9.04. The molecule has 0 fully saturated rings. The fraction of sp³-hybridized carbons (Fsp3) is 0.286. The van der Waals surface area contributed by atoms with Gasteiger partial charge in [-0.15, -0.1) is 10.2 Å². The zero-order valence-corrected chi connectivity index (χ0v) is 17.0. The van der Waals surface area contributed by atoms with Gasteiger partial charge in [0.25, 0.3) is 5.91 Å². The van der Waals surface area contributed by atoms with E-state index in [1.807, 2.05) is 7.05 Å². The van der Waals surface area contributed by atoms with Gasteiger partial charge in [-0.05, 0) is 44.2 Å². The zero-order chi connectivity index (χ0) is 20.1. The second-order valence-electron chi connectivity index (χ2n) is 6.81. The molecule has 0 aliphatic heterocycles. The van der Waals surface area contributed by atoms with Crippen LogP contribution in [0.5, 0.6) is 0 Å². The molecule has 1 N–H and O–H groups in total. The number of nitrogens with zero attached hydrogens (tertiary/aromatic N) is 3. The molecule has 3 rings (SSSR count). The summed E-state index contributed by atoms with van der Waals surface area (Å²) in [4.78, 5) is 14.5. The zero-order valence-electron chi connectivity index (χ0n) is 16.1. The Morgan fingerprint density at radius 2 is 1.82 bits per heavy atom. The average Bonchev–Trinajstić information content (AvgIpc) is 3.16. The number of rotatable bonds is 7. The third kappa shape index (κ3) is 5.21. The van der Waals surface area contributed by atoms with Gasteiger partial charge in [0.15, 0.2) is 0 Å². The Balaban J connectivity index is 1.56. The highest BCUT2D eigenvalue weighted by molar-refractivity contribution is 7.13. The predicted octanol–water partition coefficient (Wildman–Crippen LogP) is 4.11. The van der Waals surface area contributed by atoms with Gasteiger partial charge in [0.2, 0.25) is 5.01 Å². The van der Waals surface area contributed by atoms with Gasteiger partial charge in [-0.1, -0.05) is 53.3 Å². The lowest BCUT2D eigenvalue weighted by Gasteiger charge is -2.24. The molecule has 7 heteroatoms. The van der Waals surface area contributed by atoms with Crippen molar-refractivity contribution in [2.24, 2.45) is 0 Å². The molecule has 1 atom stereocenters. The first-order valence-corrected chi connectivity index (χ1v) is 9.86. The van der Waals surface area contributed by atoms with Crippen LogP contribution in [0.2, 0.25) is 0 Å². The van der Waals surface area contributed by atoms with Crippen LogP contribution in [0.3, 0.4) is 0 Å². The Labute approximate surface area is 168 Å². The standard InChI is InChI=1S/C21H23FN4OS/c1-14-4-8-17(9-5-14)15(2)26(3)13-19-24-25-21(28-19)20(27)23-12-16-6-10-18(22)11-7-16/h4-11,15H,12-13H2,1-3H3,(H,23,27). The van der Waals surface area contributed by atoms with Crippen molar-refractivity contribution in [3.05, 3.63) is 81.1 Å². The maximum absolute atomic E-state index is 12.9. The van der Waals surface area contributed by atoms with Crippen LogP contribution in [0.15, 0.2) is 48.5 Å². The van der Waals surface area contributed by atoms with Crippen molar-refractivity contribution < 1.29 is 9.18 Å². The third-order valence-corrected chi connectivity index (χ3v) is 5.54. The van der Waals surface area contributed by atoms with Crippen molar-refractivity contribution in [2.75, 3.05) is 7.05 Å². The third-order valence-electron chi connectivity index (χ3n) is 4.63. The number of halogens is 1. The van der Waals surface area contributed by atoms with Crippen LogP contribution in [-0.4, -0.2) is 28.1 Å². The highest BCUT2D eigenvalue weighted by Crippen LogP contribution is 2.22. The lowest BCUT2D eigenvalue weighted by molar-refractivity contribution is 0.0950. The highest BCUT2D eigenvalue weighted by Gasteiger charge is 2.17. The molecule has 1 unspecified atom stereocenters. The lowest BCUT2D eigenvalue weighted by atomic mass is 10.1. The molecule has 1 amide bonds. The van der Waals surface area contributed by atoms with E-state index in [9.17, 15) is 9.18 Å². The van der Waals surface area contributed by atoms with Crippen molar-refractivity contribution in [3.8, 4) is 0 Å². The minimum Gasteiger partial charge on any atom is -0.346 e. The Morgan fingerprint density at radius 1 is 1.14 bits per heavy atom. The summed E-state index contributed by atoms with van der Waals surface area (Å²) in [6.45, 7) is 5.14. The summed E-state index contributed by atoms with van der Waals surface area (Å²) < 4.78 is 12.9. The largest absolute Gasteiger partial charge is 0.346 e. The van der Waals surface area contributed by atoms with E-state index in [0.717, 1.165) is 10.6 Å². The molecule has 2 aromatic carbocycles. The van der Waals surface area contributed by atoms with Gasteiger partial charge in [0.05, 0.1) is 6.54 Å². The monoisotopic (exact) mass is 398 g/mol. The van der Waals surface area contributed by atoms with Crippen LogP contribution < -0.4 is 5.32 Å². The molecule has 3 aromatic rings. The number of carbonyl (C=O) groups excluding carboxylic acids is 1. The molecule has 0 spiro atoms. The maximum atomic E-state index is 12.9. The van der Waals surface area contributed by atoms with Crippen LogP contribution >= 0.6 is 11.3 Å². The van der Waals surface area contributed by atoms with Gasteiger partial charge in [-0.2, -0.15) is 0 Å². The van der Waals surface area contributed by atoms with E-state index in [-0.39, 0.29) is 17.8 Å². The van der Waals surface area contributed by atoms with Crippen LogP contribution in [0, 0.1) is 12.7 Å². The van der Waals surface area contributed by atoms with Crippen molar-refractivity contribution in [1.29, 1.82) is 0 Å². The van der Waals surface area contributed by atoms with E-state index < -0.39 is 0 Å². The summed E-state index contributed by atoms with van der Waals surface area (Å²) in [5, 5.41) is 12.1. The predicted molar refractivity (Wildman–Crippen MR) is 109 cm³/mol. The van der Waals surface area contributed by atoms with E-state index in [0.29, 0.717) is 18.1 Å². The maximum Gasteiger partial charge on any atom is 0.282 e. The number of amides is 1. The Morgan fingerprint density at radius 3 is 2.50 bits per heavy atom. The first kappa shape index (κ1) is 20.1. The van der Waals surface area contributed by atoms with Crippen LogP contribution in [0.1, 0.15) is 44.5 Å². The van der Waals surface area contributed by atoms with Gasteiger partial charge < -0.3 is 5.32 Å². The van der Waals surface area contributed by atoms with Crippen LogP contribution in [-0.2, 0) is 13.1 Å². The Bertz CT molecular complexity index is 924. The number of hydrogen-bond donors (Lipinski definition) is 1. The number of aromatic nitrogens is 2. The van der Waals surface area contributed by atoms with E-state index in [1.54, 1.807) is 12.1 Å². The van der Waals surface area contributed by atoms with E-state index in [1.165, 1.54) is 34.6 Å². The van der Waals surface area contributed by atoms with E-state index >= 15 is 0 Å². The summed E-state index contributed by atoms with van der Waals surface area (Å²) in [6, 6.07) is 14.7. The fourth-order valence-corrected chi connectivity index (χ4v) is 3.54. The molecule has 0 radical (unpaired) electrons. The quantitative estimate of drug-likeness (QED) is 0.651. The number of carbonyl (C=O) groups is 1. The molecular weight excluding hydrogens is 375 g/mol. The van der Waals surface area contributed by atoms with Crippen molar-refractivity contribution in [2.45, 2.75) is 33.0 Å². The number of aryl methyl sites for hydroxylation is 1. The molecule has 0 aliphatic rings. The molecule has 0 aliphatic carbocycles. The number of hydrogen-bond acceptors (Lipinski definition) is 5. The van der Waals surface area contributed by atoms with Crippen LogP contribution in [0.4, 0.5) is 4.39 Å². The summed E-state index contributed by atoms with van der Waals surface area (Å²) in [5.74, 6) is -0.574. The molecule has 0 bridgehead atoms. The van der Waals surface area contributed by atoms with Crippen LogP contribution in [0.25, 0.3) is 0 Å². The molecule has 28 heavy (non-hydrogen) atoms. The molecule has 0 saturated carbocycles. The molecule has 0 saturated heterocycles. The summed E-state index contributed by atoms with van der Waals surface area (Å²) in [6.07, 6.45) is 0. The Hall–Kier alpha value is -2.64. The normalized spacial score (nSPS) is 12.2. The summed E-state index contributed by atoms with van der Waals surface area (Å²) in [7, 11) is 2.03. The van der Waals surface area contributed by atoms with E-state index in [2.05, 4.69) is 58.5 Å². The smallest absolute Gasteiger partial charge is 0.282 e. The molecule has 1 aromatic heterocycles. The second kappa shape index (κ2) is 9.03. The SMILES string of the molecule is Cc1ccc(C(C)N(C)Cc2nnc(C(=O)NCc3ccc(F)cc3)s2)cc1. The molecular formula is C21H23FN4OS. The van der Waals surface area contributed by atoms with Gasteiger partial charge in [-0.3, -0.25) is 9.69 Å². The number of benzene rings is 2. The lowest BCUT2D eigenvalue weighted by Crippen LogP contribution is -2.22. The van der Waals surface area contributed by atoms with Crippen molar-refractivity contribution in [3.63, 3.8) is 0 Å². The van der Waals surface area contributed by atoms with Gasteiger partial charge in [-0.25, -0.2) is 4.39 Å². The van der Waals surface area contributed by atoms with Gasteiger partial charge in [0, 0.05) is 12.6 Å². The minimum absolute atomic E-state index is 0.222. The van der Waals surface area contributed by atoms with E-state index in [4.69, 9.17) is 0 Å². The topological polar surface area (TPSA) is 58.1 Å². The summed E-state index contributed by atoms with van der Waals surface area (Å²) >= 11 is 1.29. The average molecular weight is 399 g/mol. The van der Waals surface area contributed by atoms with Gasteiger partial charge >= 0.3 is 0 Å². The van der Waals surface area contributed by atoms with Crippen molar-refractivity contribution >= 4 is 17.2 Å². The Kier molecular flexibility index (Phi) is 6.49. The highest BCUT2D eigenvalue weighted by atomic mass is 32.1.